The van der Waals surface area contributed by atoms with Crippen molar-refractivity contribution in [2.45, 2.75) is 39.5 Å². The maximum absolute atomic E-state index is 12.3. The summed E-state index contributed by atoms with van der Waals surface area (Å²) in [7, 11) is 0. The molecule has 4 amide bonds. The predicted octanol–water partition coefficient (Wildman–Crippen LogP) is 4.32. The van der Waals surface area contributed by atoms with E-state index in [-0.39, 0.29) is 12.1 Å². The van der Waals surface area contributed by atoms with Crippen LogP contribution < -0.4 is 16.0 Å². The Bertz CT molecular complexity index is 616. The van der Waals surface area contributed by atoms with Crippen molar-refractivity contribution < 1.29 is 9.59 Å². The van der Waals surface area contributed by atoms with E-state index in [9.17, 15) is 9.59 Å². The maximum Gasteiger partial charge on any atom is 0.321 e. The minimum absolute atomic E-state index is 0.0848. The van der Waals surface area contributed by atoms with Crippen LogP contribution in [-0.2, 0) is 0 Å². The maximum atomic E-state index is 12.3. The number of halogens is 1. The van der Waals surface area contributed by atoms with Crippen LogP contribution in [0.15, 0.2) is 24.3 Å². The van der Waals surface area contributed by atoms with Crippen LogP contribution in [0.25, 0.3) is 0 Å². The van der Waals surface area contributed by atoms with E-state index in [4.69, 9.17) is 11.6 Å². The summed E-state index contributed by atoms with van der Waals surface area (Å²) in [6.45, 7) is 7.13. The lowest BCUT2D eigenvalue weighted by Gasteiger charge is -2.32. The van der Waals surface area contributed by atoms with E-state index < -0.39 is 0 Å². The van der Waals surface area contributed by atoms with E-state index in [2.05, 4.69) is 29.8 Å². The fraction of sp³-hybridized carbons (Fsp3) is 0.600. The fourth-order valence-corrected chi connectivity index (χ4v) is 3.31. The molecule has 1 aromatic carbocycles. The molecule has 0 aliphatic carbocycles. The Morgan fingerprint density at radius 3 is 2.56 bits per heavy atom. The molecule has 1 heterocycles. The van der Waals surface area contributed by atoms with Gasteiger partial charge in [-0.3, -0.25) is 0 Å². The van der Waals surface area contributed by atoms with Gasteiger partial charge in [-0.1, -0.05) is 31.5 Å². The third kappa shape index (κ3) is 8.08. The van der Waals surface area contributed by atoms with Crippen LogP contribution >= 0.6 is 11.6 Å². The van der Waals surface area contributed by atoms with Crippen LogP contribution in [0.4, 0.5) is 15.3 Å². The van der Waals surface area contributed by atoms with Gasteiger partial charge < -0.3 is 20.9 Å². The topological polar surface area (TPSA) is 73.5 Å². The summed E-state index contributed by atoms with van der Waals surface area (Å²) in [6.07, 6.45) is 3.85. The molecule has 1 aromatic rings. The first-order valence-corrected chi connectivity index (χ1v) is 10.1. The van der Waals surface area contributed by atoms with E-state index in [1.165, 1.54) is 0 Å². The largest absolute Gasteiger partial charge is 0.338 e. The van der Waals surface area contributed by atoms with Crippen molar-refractivity contribution in [1.82, 2.24) is 15.5 Å². The van der Waals surface area contributed by atoms with Crippen LogP contribution in [0.3, 0.4) is 0 Å². The van der Waals surface area contributed by atoms with Gasteiger partial charge in [-0.2, -0.15) is 0 Å². The molecule has 1 saturated heterocycles. The van der Waals surface area contributed by atoms with Gasteiger partial charge in [0, 0.05) is 36.9 Å². The predicted molar refractivity (Wildman–Crippen MR) is 110 cm³/mol. The van der Waals surface area contributed by atoms with E-state index in [0.29, 0.717) is 35.6 Å². The smallest absolute Gasteiger partial charge is 0.321 e. The SMILES string of the molecule is CC(C)CCNC(=O)NCCC1CCN(C(=O)Nc2cccc(Cl)c2)CC1. The van der Waals surface area contributed by atoms with Crippen molar-refractivity contribution in [3.8, 4) is 0 Å². The Kier molecular flexibility index (Phi) is 8.72. The lowest BCUT2D eigenvalue weighted by atomic mass is 9.94. The van der Waals surface area contributed by atoms with Crippen molar-refractivity contribution in [3.05, 3.63) is 29.3 Å². The van der Waals surface area contributed by atoms with Crippen LogP contribution in [0.1, 0.15) is 39.5 Å². The molecule has 0 saturated carbocycles. The van der Waals surface area contributed by atoms with Gasteiger partial charge in [0.2, 0.25) is 0 Å². The lowest BCUT2D eigenvalue weighted by Crippen LogP contribution is -2.42. The molecule has 1 aliphatic rings. The molecule has 6 nitrogen and oxygen atoms in total. The molecule has 27 heavy (non-hydrogen) atoms. The highest BCUT2D eigenvalue weighted by Gasteiger charge is 2.22. The highest BCUT2D eigenvalue weighted by Crippen LogP contribution is 2.21. The van der Waals surface area contributed by atoms with Crippen molar-refractivity contribution in [1.29, 1.82) is 0 Å². The Morgan fingerprint density at radius 2 is 1.89 bits per heavy atom. The summed E-state index contributed by atoms with van der Waals surface area (Å²) in [6, 6.07) is 6.99. The monoisotopic (exact) mass is 394 g/mol. The fourth-order valence-electron chi connectivity index (χ4n) is 3.12. The third-order valence-corrected chi connectivity index (χ3v) is 5.06. The molecular weight excluding hydrogens is 364 g/mol. The molecule has 0 atom stereocenters. The van der Waals surface area contributed by atoms with Crippen molar-refractivity contribution in [2.24, 2.45) is 11.8 Å². The highest BCUT2D eigenvalue weighted by molar-refractivity contribution is 6.30. The molecule has 1 aliphatic heterocycles. The summed E-state index contributed by atoms with van der Waals surface area (Å²) in [4.78, 5) is 25.9. The molecule has 0 radical (unpaired) electrons. The zero-order valence-electron chi connectivity index (χ0n) is 16.3. The van der Waals surface area contributed by atoms with Gasteiger partial charge in [-0.15, -0.1) is 0 Å². The Hall–Kier alpha value is -1.95. The van der Waals surface area contributed by atoms with Gasteiger partial charge in [0.05, 0.1) is 0 Å². The van der Waals surface area contributed by atoms with Crippen LogP contribution in [0, 0.1) is 11.8 Å². The number of amides is 4. The average molecular weight is 395 g/mol. The molecule has 7 heteroatoms. The van der Waals surface area contributed by atoms with E-state index in [0.717, 1.165) is 38.8 Å². The van der Waals surface area contributed by atoms with E-state index in [1.807, 2.05) is 17.0 Å². The Balaban J connectivity index is 1.61. The molecule has 0 bridgehead atoms. The number of rotatable bonds is 7. The van der Waals surface area contributed by atoms with E-state index >= 15 is 0 Å². The number of nitrogens with one attached hydrogen (secondary N) is 3. The molecule has 2 rings (SSSR count). The van der Waals surface area contributed by atoms with Gasteiger partial charge in [-0.25, -0.2) is 9.59 Å². The molecular formula is C20H31ClN4O2. The molecule has 0 unspecified atom stereocenters. The normalized spacial score (nSPS) is 14.9. The number of hydrogen-bond donors (Lipinski definition) is 3. The summed E-state index contributed by atoms with van der Waals surface area (Å²) < 4.78 is 0. The number of hydrogen-bond acceptors (Lipinski definition) is 2. The van der Waals surface area contributed by atoms with Crippen molar-refractivity contribution >= 4 is 29.4 Å². The Morgan fingerprint density at radius 1 is 1.19 bits per heavy atom. The quantitative estimate of drug-likeness (QED) is 0.644. The summed E-state index contributed by atoms with van der Waals surface area (Å²) in [5, 5.41) is 9.29. The number of likely N-dealkylation sites (tertiary alicyclic amines) is 1. The minimum atomic E-state index is -0.0889. The molecule has 0 aromatic heterocycles. The molecule has 150 valence electrons. The zero-order valence-corrected chi connectivity index (χ0v) is 17.0. The summed E-state index contributed by atoms with van der Waals surface area (Å²) in [5.74, 6) is 1.13. The van der Waals surface area contributed by atoms with Crippen molar-refractivity contribution in [3.63, 3.8) is 0 Å². The van der Waals surface area contributed by atoms with Crippen LogP contribution in [-0.4, -0.2) is 43.1 Å². The number of anilines is 1. The summed E-state index contributed by atoms with van der Waals surface area (Å²) >= 11 is 5.95. The number of nitrogens with zero attached hydrogens (tertiary/aromatic N) is 1. The van der Waals surface area contributed by atoms with Gasteiger partial charge >= 0.3 is 12.1 Å². The summed E-state index contributed by atoms with van der Waals surface area (Å²) in [5.41, 5.74) is 0.710. The van der Waals surface area contributed by atoms with Crippen LogP contribution in [0.2, 0.25) is 5.02 Å². The molecule has 0 spiro atoms. The second-order valence-electron chi connectivity index (χ2n) is 7.52. The Labute approximate surface area is 167 Å². The first kappa shape index (κ1) is 21.4. The molecule has 3 N–H and O–H groups in total. The third-order valence-electron chi connectivity index (χ3n) is 4.82. The second kappa shape index (κ2) is 11.0. The number of carbonyl (C=O) groups is 2. The minimum Gasteiger partial charge on any atom is -0.338 e. The number of benzene rings is 1. The highest BCUT2D eigenvalue weighted by atomic mass is 35.5. The van der Waals surface area contributed by atoms with Gasteiger partial charge in [0.15, 0.2) is 0 Å². The molecule has 1 fully saturated rings. The number of piperidine rings is 1. The van der Waals surface area contributed by atoms with Crippen LogP contribution in [0.5, 0.6) is 0 Å². The van der Waals surface area contributed by atoms with E-state index in [1.54, 1.807) is 12.1 Å². The van der Waals surface area contributed by atoms with Gasteiger partial charge in [0.1, 0.15) is 0 Å². The first-order chi connectivity index (χ1) is 12.9. The number of carbonyl (C=O) groups excluding carboxylic acids is 2. The standard InChI is InChI=1S/C20H31ClN4O2/c1-15(2)6-10-22-19(26)23-11-7-16-8-12-25(13-9-16)20(27)24-18-5-3-4-17(21)14-18/h3-5,14-16H,6-13H2,1-2H3,(H,24,27)(H2,22,23,26). The first-order valence-electron chi connectivity index (χ1n) is 9.77. The number of urea groups is 2. The lowest BCUT2D eigenvalue weighted by molar-refractivity contribution is 0.179. The van der Waals surface area contributed by atoms with Gasteiger partial charge in [-0.05, 0) is 55.7 Å². The zero-order chi connectivity index (χ0) is 19.6. The van der Waals surface area contributed by atoms with Gasteiger partial charge in [0.25, 0.3) is 0 Å². The average Bonchev–Trinajstić information content (AvgIpc) is 2.62. The second-order valence-corrected chi connectivity index (χ2v) is 7.96. The van der Waals surface area contributed by atoms with Crippen molar-refractivity contribution in [2.75, 3.05) is 31.5 Å².